The molecule has 0 spiro atoms. The maximum absolute atomic E-state index is 12.3. The highest BCUT2D eigenvalue weighted by molar-refractivity contribution is 14.0. The molecule has 0 saturated carbocycles. The first-order valence-electron chi connectivity index (χ1n) is 9.48. The van der Waals surface area contributed by atoms with Crippen molar-refractivity contribution in [2.75, 3.05) is 18.5 Å². The lowest BCUT2D eigenvalue weighted by Crippen LogP contribution is -2.25. The largest absolute Gasteiger partial charge is 0.573 e. The predicted molar refractivity (Wildman–Crippen MR) is 121 cm³/mol. The summed E-state index contributed by atoms with van der Waals surface area (Å²) in [6.07, 6.45) is -1.88. The van der Waals surface area contributed by atoms with Gasteiger partial charge in [-0.05, 0) is 55.0 Å². The van der Waals surface area contributed by atoms with Gasteiger partial charge in [-0.1, -0.05) is 30.3 Å². The van der Waals surface area contributed by atoms with Gasteiger partial charge in [0.2, 0.25) is 0 Å². The highest BCUT2D eigenvalue weighted by atomic mass is 127. The molecule has 164 valence electrons. The minimum atomic E-state index is -4.72. The molecule has 0 aromatic heterocycles. The molecule has 9 heteroatoms. The summed E-state index contributed by atoms with van der Waals surface area (Å²) < 4.78 is 46.1. The van der Waals surface area contributed by atoms with E-state index in [1.54, 1.807) is 0 Å². The maximum atomic E-state index is 12.3. The molecule has 2 aromatic carbocycles. The van der Waals surface area contributed by atoms with Crippen molar-refractivity contribution in [3.63, 3.8) is 0 Å². The zero-order chi connectivity index (χ0) is 20.7. The van der Waals surface area contributed by atoms with Crippen LogP contribution in [-0.4, -0.2) is 25.5 Å². The van der Waals surface area contributed by atoms with Crippen molar-refractivity contribution in [1.82, 2.24) is 0 Å². The van der Waals surface area contributed by atoms with E-state index in [4.69, 9.17) is 10.5 Å². The molecule has 0 bridgehead atoms. The van der Waals surface area contributed by atoms with E-state index >= 15 is 0 Å². The Balaban J connectivity index is 0.00000320. The lowest BCUT2D eigenvalue weighted by molar-refractivity contribution is -0.274. The SMILES string of the molecule is I.NC(=NC(CC1CCOCC1)c1ccccc1)Nc1ccc(OC(F)(F)F)cc1. The Kier molecular flexibility index (Phi) is 9.22. The molecule has 3 rings (SSSR count). The smallest absolute Gasteiger partial charge is 0.406 e. The number of halogens is 4. The van der Waals surface area contributed by atoms with Crippen LogP contribution in [-0.2, 0) is 4.74 Å². The van der Waals surface area contributed by atoms with E-state index in [1.807, 2.05) is 30.3 Å². The minimum Gasteiger partial charge on any atom is -0.406 e. The standard InChI is InChI=1S/C21H24F3N3O2.HI/c22-21(23,24)29-18-8-6-17(7-9-18)26-20(25)27-19(16-4-2-1-3-5-16)14-15-10-12-28-13-11-15;/h1-9,15,19H,10-14H2,(H3,25,26,27);1H. The first-order valence-corrected chi connectivity index (χ1v) is 9.48. The number of hydrogen-bond acceptors (Lipinski definition) is 3. The van der Waals surface area contributed by atoms with Crippen molar-refractivity contribution in [2.45, 2.75) is 31.7 Å². The van der Waals surface area contributed by atoms with Crippen LogP contribution in [0.15, 0.2) is 59.6 Å². The number of nitrogens with two attached hydrogens (primary N) is 1. The zero-order valence-electron chi connectivity index (χ0n) is 16.3. The number of nitrogens with one attached hydrogen (secondary N) is 1. The lowest BCUT2D eigenvalue weighted by atomic mass is 9.90. The van der Waals surface area contributed by atoms with E-state index in [2.05, 4.69) is 15.0 Å². The third-order valence-electron chi connectivity index (χ3n) is 4.74. The Labute approximate surface area is 190 Å². The third kappa shape index (κ3) is 8.02. The summed E-state index contributed by atoms with van der Waals surface area (Å²) >= 11 is 0. The average molecular weight is 535 g/mol. The summed E-state index contributed by atoms with van der Waals surface area (Å²) in [5, 5.41) is 2.94. The van der Waals surface area contributed by atoms with Gasteiger partial charge in [0.15, 0.2) is 5.96 Å². The topological polar surface area (TPSA) is 68.9 Å². The Morgan fingerprint density at radius 3 is 2.33 bits per heavy atom. The van der Waals surface area contributed by atoms with Gasteiger partial charge >= 0.3 is 6.36 Å². The number of hydrogen-bond donors (Lipinski definition) is 2. The molecule has 1 unspecified atom stereocenters. The predicted octanol–water partition coefficient (Wildman–Crippen LogP) is 5.49. The fourth-order valence-electron chi connectivity index (χ4n) is 3.32. The summed E-state index contributed by atoms with van der Waals surface area (Å²) in [6.45, 7) is 1.52. The van der Waals surface area contributed by atoms with Gasteiger partial charge in [-0.25, -0.2) is 4.99 Å². The molecule has 30 heavy (non-hydrogen) atoms. The van der Waals surface area contributed by atoms with E-state index in [0.717, 1.165) is 38.0 Å². The molecule has 0 radical (unpaired) electrons. The number of alkyl halides is 3. The molecule has 1 aliphatic rings. The number of rotatable bonds is 6. The van der Waals surface area contributed by atoms with Crippen molar-refractivity contribution in [2.24, 2.45) is 16.6 Å². The fraction of sp³-hybridized carbons (Fsp3) is 0.381. The molecule has 1 aliphatic heterocycles. The molecular formula is C21H25F3IN3O2. The normalized spacial score (nSPS) is 16.4. The zero-order valence-corrected chi connectivity index (χ0v) is 18.6. The second-order valence-electron chi connectivity index (χ2n) is 6.93. The van der Waals surface area contributed by atoms with E-state index in [-0.39, 0.29) is 41.7 Å². The number of ether oxygens (including phenoxy) is 2. The number of anilines is 1. The van der Waals surface area contributed by atoms with Gasteiger partial charge in [0.05, 0.1) is 6.04 Å². The van der Waals surface area contributed by atoms with E-state index < -0.39 is 6.36 Å². The number of nitrogens with zero attached hydrogens (tertiary/aromatic N) is 1. The second kappa shape index (κ2) is 11.4. The fourth-order valence-corrected chi connectivity index (χ4v) is 3.32. The average Bonchev–Trinajstić information content (AvgIpc) is 2.69. The summed E-state index contributed by atoms with van der Waals surface area (Å²) in [5.41, 5.74) is 7.69. The molecule has 1 atom stereocenters. The van der Waals surface area contributed by atoms with Crippen molar-refractivity contribution >= 4 is 35.6 Å². The van der Waals surface area contributed by atoms with Crippen LogP contribution in [0.2, 0.25) is 0 Å². The van der Waals surface area contributed by atoms with E-state index in [1.165, 1.54) is 24.3 Å². The number of guanidine groups is 1. The summed E-state index contributed by atoms with van der Waals surface area (Å²) in [6, 6.07) is 15.2. The van der Waals surface area contributed by atoms with Crippen LogP contribution < -0.4 is 15.8 Å². The molecular weight excluding hydrogens is 510 g/mol. The lowest BCUT2D eigenvalue weighted by Gasteiger charge is -2.25. The Hall–Kier alpha value is -2.01. The van der Waals surface area contributed by atoms with Gasteiger partial charge in [0.25, 0.3) is 0 Å². The van der Waals surface area contributed by atoms with Crippen LogP contribution in [0.5, 0.6) is 5.75 Å². The van der Waals surface area contributed by atoms with Gasteiger partial charge in [-0.15, -0.1) is 37.1 Å². The van der Waals surface area contributed by atoms with Gasteiger partial charge in [0.1, 0.15) is 5.75 Å². The molecule has 3 N–H and O–H groups in total. The minimum absolute atomic E-state index is 0. The summed E-state index contributed by atoms with van der Waals surface area (Å²) in [4.78, 5) is 4.65. The van der Waals surface area contributed by atoms with E-state index in [9.17, 15) is 13.2 Å². The van der Waals surface area contributed by atoms with Gasteiger partial charge in [-0.2, -0.15) is 0 Å². The summed E-state index contributed by atoms with van der Waals surface area (Å²) in [5.74, 6) is 0.417. The first kappa shape index (κ1) is 24.3. The molecule has 1 fully saturated rings. The van der Waals surface area contributed by atoms with Crippen molar-refractivity contribution in [3.05, 3.63) is 60.2 Å². The van der Waals surface area contributed by atoms with E-state index in [0.29, 0.717) is 11.6 Å². The van der Waals surface area contributed by atoms with Gasteiger partial charge < -0.3 is 20.5 Å². The van der Waals surface area contributed by atoms with Crippen LogP contribution in [0.3, 0.4) is 0 Å². The highest BCUT2D eigenvalue weighted by Gasteiger charge is 2.31. The van der Waals surface area contributed by atoms with Crippen LogP contribution in [0.4, 0.5) is 18.9 Å². The Morgan fingerprint density at radius 2 is 1.73 bits per heavy atom. The van der Waals surface area contributed by atoms with Crippen LogP contribution in [0, 0.1) is 5.92 Å². The molecule has 0 aliphatic carbocycles. The van der Waals surface area contributed by atoms with Gasteiger partial charge in [0, 0.05) is 18.9 Å². The first-order chi connectivity index (χ1) is 13.9. The Bertz CT molecular complexity index is 795. The number of aliphatic imine (C=N–C) groups is 1. The van der Waals surface area contributed by atoms with Crippen LogP contribution in [0.25, 0.3) is 0 Å². The highest BCUT2D eigenvalue weighted by Crippen LogP contribution is 2.30. The molecule has 5 nitrogen and oxygen atoms in total. The monoisotopic (exact) mass is 535 g/mol. The van der Waals surface area contributed by atoms with Crippen molar-refractivity contribution in [3.8, 4) is 5.75 Å². The summed E-state index contributed by atoms with van der Waals surface area (Å²) in [7, 11) is 0. The van der Waals surface area contributed by atoms with Gasteiger partial charge in [-0.3, -0.25) is 0 Å². The van der Waals surface area contributed by atoms with Crippen LogP contribution >= 0.6 is 24.0 Å². The molecule has 2 aromatic rings. The molecule has 0 amide bonds. The van der Waals surface area contributed by atoms with Crippen molar-refractivity contribution < 1.29 is 22.6 Å². The van der Waals surface area contributed by atoms with Crippen molar-refractivity contribution in [1.29, 1.82) is 0 Å². The third-order valence-corrected chi connectivity index (χ3v) is 4.74. The second-order valence-corrected chi connectivity index (χ2v) is 6.93. The quantitative estimate of drug-likeness (QED) is 0.292. The molecule has 1 saturated heterocycles. The van der Waals surface area contributed by atoms with Crippen LogP contribution in [0.1, 0.15) is 30.9 Å². The molecule has 1 heterocycles. The Morgan fingerprint density at radius 1 is 1.10 bits per heavy atom. The maximum Gasteiger partial charge on any atom is 0.573 e. The number of benzene rings is 2.